The van der Waals surface area contributed by atoms with E-state index in [-0.39, 0.29) is 11.4 Å². The van der Waals surface area contributed by atoms with E-state index in [1.807, 2.05) is 12.1 Å². The molecule has 1 aromatic carbocycles. The van der Waals surface area contributed by atoms with Gasteiger partial charge in [-0.3, -0.25) is 4.99 Å². The van der Waals surface area contributed by atoms with Crippen LogP contribution in [0.4, 0.5) is 4.39 Å². The maximum atomic E-state index is 14.3. The van der Waals surface area contributed by atoms with E-state index in [1.54, 1.807) is 24.2 Å². The Morgan fingerprint density at radius 1 is 1.26 bits per heavy atom. The van der Waals surface area contributed by atoms with Gasteiger partial charge in [-0.25, -0.2) is 14.4 Å². The van der Waals surface area contributed by atoms with Crippen LogP contribution in [-0.2, 0) is 5.54 Å². The van der Waals surface area contributed by atoms with Crippen LogP contribution in [0.2, 0.25) is 0 Å². The second-order valence-corrected chi connectivity index (χ2v) is 7.14. The molecule has 2 aromatic rings. The van der Waals surface area contributed by atoms with Gasteiger partial charge in [0.2, 0.25) is 0 Å². The Bertz CT molecular complexity index is 764. The van der Waals surface area contributed by atoms with Gasteiger partial charge in [0.1, 0.15) is 12.1 Å². The number of aromatic nitrogens is 2. The van der Waals surface area contributed by atoms with Gasteiger partial charge in [-0.1, -0.05) is 24.2 Å². The molecule has 0 bridgehead atoms. The quantitative estimate of drug-likeness (QED) is 0.918. The second-order valence-electron chi connectivity index (χ2n) is 6.10. The number of fused-ring (bicyclic) bond motifs is 1. The Morgan fingerprint density at radius 3 is 2.91 bits per heavy atom. The SMILES string of the molecule is NC1=N[C@@]2(c3ccc(F)c(-c4cncnc4)c3)CCCC2CS1. The minimum atomic E-state index is -0.298. The molecule has 0 amide bonds. The van der Waals surface area contributed by atoms with E-state index in [0.717, 1.165) is 30.6 Å². The van der Waals surface area contributed by atoms with Gasteiger partial charge >= 0.3 is 0 Å². The number of nitrogens with zero attached hydrogens (tertiary/aromatic N) is 3. The predicted octanol–water partition coefficient (Wildman–Crippen LogP) is 3.34. The van der Waals surface area contributed by atoms with Gasteiger partial charge in [0.25, 0.3) is 0 Å². The number of hydrogen-bond donors (Lipinski definition) is 1. The lowest BCUT2D eigenvalue weighted by molar-refractivity contribution is 0.355. The van der Waals surface area contributed by atoms with Crippen molar-refractivity contribution in [3.8, 4) is 11.1 Å². The number of halogens is 1. The lowest BCUT2D eigenvalue weighted by atomic mass is 9.80. The third-order valence-corrected chi connectivity index (χ3v) is 5.82. The number of nitrogens with two attached hydrogens (primary N) is 1. The minimum Gasteiger partial charge on any atom is -0.379 e. The van der Waals surface area contributed by atoms with Gasteiger partial charge in [0, 0.05) is 29.3 Å². The molecule has 1 fully saturated rings. The van der Waals surface area contributed by atoms with Crippen LogP contribution in [0.5, 0.6) is 0 Å². The Balaban J connectivity index is 1.85. The second kappa shape index (κ2) is 5.60. The van der Waals surface area contributed by atoms with Crippen LogP contribution in [0.15, 0.2) is 41.9 Å². The van der Waals surface area contributed by atoms with Gasteiger partial charge in [-0.2, -0.15) is 0 Å². The van der Waals surface area contributed by atoms with Crippen molar-refractivity contribution in [3.63, 3.8) is 0 Å². The summed E-state index contributed by atoms with van der Waals surface area (Å²) in [5.74, 6) is 1.18. The van der Waals surface area contributed by atoms with Crippen molar-refractivity contribution >= 4 is 16.9 Å². The fourth-order valence-corrected chi connectivity index (χ4v) is 4.78. The molecular formula is C17H17FN4S. The Labute approximate surface area is 138 Å². The van der Waals surface area contributed by atoms with E-state index >= 15 is 0 Å². The van der Waals surface area contributed by atoms with Gasteiger partial charge in [-0.15, -0.1) is 0 Å². The fourth-order valence-electron chi connectivity index (χ4n) is 3.74. The first-order valence-corrected chi connectivity index (χ1v) is 8.71. The molecule has 2 heterocycles. The smallest absolute Gasteiger partial charge is 0.154 e. The molecule has 1 aliphatic carbocycles. The first-order valence-electron chi connectivity index (χ1n) is 7.72. The highest BCUT2D eigenvalue weighted by Crippen LogP contribution is 2.51. The molecule has 6 heteroatoms. The van der Waals surface area contributed by atoms with Gasteiger partial charge in [0.05, 0.1) is 5.54 Å². The van der Waals surface area contributed by atoms with Gasteiger partial charge < -0.3 is 5.73 Å². The number of rotatable bonds is 2. The summed E-state index contributed by atoms with van der Waals surface area (Å²) >= 11 is 1.63. The Morgan fingerprint density at radius 2 is 2.09 bits per heavy atom. The molecule has 4 nitrogen and oxygen atoms in total. The highest BCUT2D eigenvalue weighted by Gasteiger charge is 2.46. The topological polar surface area (TPSA) is 64.2 Å². The molecule has 0 spiro atoms. The highest BCUT2D eigenvalue weighted by molar-refractivity contribution is 8.13. The summed E-state index contributed by atoms with van der Waals surface area (Å²) in [5, 5.41) is 0.636. The van der Waals surface area contributed by atoms with Crippen LogP contribution in [0.25, 0.3) is 11.1 Å². The molecule has 1 saturated carbocycles. The molecule has 1 aliphatic heterocycles. The molecule has 0 saturated heterocycles. The zero-order valence-electron chi connectivity index (χ0n) is 12.6. The van der Waals surface area contributed by atoms with Crippen molar-refractivity contribution < 1.29 is 4.39 Å². The lowest BCUT2D eigenvalue weighted by Crippen LogP contribution is -2.36. The summed E-state index contributed by atoms with van der Waals surface area (Å²) in [6.45, 7) is 0. The molecule has 1 aromatic heterocycles. The van der Waals surface area contributed by atoms with Gasteiger partial charge in [0.15, 0.2) is 5.17 Å². The van der Waals surface area contributed by atoms with E-state index in [4.69, 9.17) is 10.7 Å². The Kier molecular flexibility index (Phi) is 3.56. The number of hydrogen-bond acceptors (Lipinski definition) is 5. The monoisotopic (exact) mass is 328 g/mol. The molecule has 118 valence electrons. The van der Waals surface area contributed by atoms with Crippen molar-refractivity contribution in [2.45, 2.75) is 24.8 Å². The van der Waals surface area contributed by atoms with E-state index in [9.17, 15) is 4.39 Å². The van der Waals surface area contributed by atoms with Crippen LogP contribution in [0, 0.1) is 11.7 Å². The summed E-state index contributed by atoms with van der Waals surface area (Å²) < 4.78 is 14.3. The van der Waals surface area contributed by atoms with Crippen LogP contribution in [0.1, 0.15) is 24.8 Å². The average molecular weight is 328 g/mol. The first-order chi connectivity index (χ1) is 11.2. The zero-order valence-corrected chi connectivity index (χ0v) is 13.4. The van der Waals surface area contributed by atoms with Crippen LogP contribution < -0.4 is 5.73 Å². The van der Waals surface area contributed by atoms with Crippen LogP contribution >= 0.6 is 11.8 Å². The average Bonchev–Trinajstić information content (AvgIpc) is 3.00. The standard InChI is InChI=1S/C17H17FN4S/c18-15-4-3-12(6-14(15)11-7-20-10-21-8-11)17-5-1-2-13(17)9-23-16(19)22-17/h3-4,6-8,10,13H,1-2,5,9H2,(H2,19,22)/t13?,17-/m1/s1. The lowest BCUT2D eigenvalue weighted by Gasteiger charge is -2.36. The van der Waals surface area contributed by atoms with Crippen LogP contribution in [-0.4, -0.2) is 20.9 Å². The van der Waals surface area contributed by atoms with Gasteiger partial charge in [-0.05, 0) is 36.5 Å². The molecule has 23 heavy (non-hydrogen) atoms. The first kappa shape index (κ1) is 14.6. The van der Waals surface area contributed by atoms with E-state index in [0.29, 0.717) is 22.2 Å². The molecule has 2 atom stereocenters. The maximum absolute atomic E-state index is 14.3. The number of amidine groups is 1. The fraction of sp³-hybridized carbons (Fsp3) is 0.353. The maximum Gasteiger partial charge on any atom is 0.154 e. The van der Waals surface area contributed by atoms with Crippen molar-refractivity contribution in [2.75, 3.05) is 5.75 Å². The number of thioether (sulfide) groups is 1. The summed E-state index contributed by atoms with van der Waals surface area (Å²) in [4.78, 5) is 12.8. The molecule has 0 radical (unpaired) electrons. The normalized spacial score (nSPS) is 26.7. The highest BCUT2D eigenvalue weighted by atomic mass is 32.2. The molecular weight excluding hydrogens is 311 g/mol. The van der Waals surface area contributed by atoms with Crippen molar-refractivity contribution in [1.29, 1.82) is 0 Å². The van der Waals surface area contributed by atoms with E-state index < -0.39 is 0 Å². The molecule has 2 N–H and O–H groups in total. The summed E-state index contributed by atoms with van der Waals surface area (Å²) in [7, 11) is 0. The van der Waals surface area contributed by atoms with Crippen LogP contribution in [0.3, 0.4) is 0 Å². The molecule has 4 rings (SSSR count). The predicted molar refractivity (Wildman–Crippen MR) is 90.5 cm³/mol. The third-order valence-electron chi connectivity index (χ3n) is 4.87. The third kappa shape index (κ3) is 2.41. The zero-order chi connectivity index (χ0) is 15.9. The largest absolute Gasteiger partial charge is 0.379 e. The molecule has 1 unspecified atom stereocenters. The number of aliphatic imine (C=N–C) groups is 1. The summed E-state index contributed by atoms with van der Waals surface area (Å²) in [6.07, 6.45) is 7.95. The van der Waals surface area contributed by atoms with E-state index in [2.05, 4.69) is 9.97 Å². The van der Waals surface area contributed by atoms with Crippen molar-refractivity contribution in [1.82, 2.24) is 9.97 Å². The minimum absolute atomic E-state index is 0.267. The van der Waals surface area contributed by atoms with E-state index in [1.165, 1.54) is 12.4 Å². The van der Waals surface area contributed by atoms with Crippen molar-refractivity contribution in [2.24, 2.45) is 16.6 Å². The summed E-state index contributed by atoms with van der Waals surface area (Å²) in [6, 6.07) is 5.28. The number of benzene rings is 1. The summed E-state index contributed by atoms with van der Waals surface area (Å²) in [5.41, 5.74) is 7.96. The van der Waals surface area contributed by atoms with Crippen molar-refractivity contribution in [3.05, 3.63) is 48.3 Å². The Hall–Kier alpha value is -1.95. The molecule has 2 aliphatic rings.